The molecule has 172 valence electrons. The Morgan fingerprint density at radius 2 is 1.81 bits per heavy atom. The zero-order valence-electron chi connectivity index (χ0n) is 17.1. The number of rotatable bonds is 6. The SMILES string of the molecule is O=C(c1ccc(O[C@H]2CCOC2)cc1)c1cc([C@@H]2O[C@@H](CO)[C@@H](O)[C@H](O)[C@H]2O)ccc1Cl. The molecule has 2 aromatic carbocycles. The van der Waals surface area contributed by atoms with Crippen LogP contribution in [0.3, 0.4) is 0 Å². The van der Waals surface area contributed by atoms with E-state index in [1.807, 2.05) is 0 Å². The molecule has 2 heterocycles. The Balaban J connectivity index is 1.55. The van der Waals surface area contributed by atoms with Gasteiger partial charge in [0.15, 0.2) is 5.78 Å². The van der Waals surface area contributed by atoms with Crippen LogP contribution in [0.2, 0.25) is 5.02 Å². The van der Waals surface area contributed by atoms with E-state index in [2.05, 4.69) is 0 Å². The third kappa shape index (κ3) is 4.67. The van der Waals surface area contributed by atoms with Crippen molar-refractivity contribution in [3.63, 3.8) is 0 Å². The van der Waals surface area contributed by atoms with E-state index < -0.39 is 37.1 Å². The Kier molecular flexibility index (Phi) is 7.11. The molecule has 4 rings (SSSR count). The summed E-state index contributed by atoms with van der Waals surface area (Å²) in [6.45, 7) is 0.674. The summed E-state index contributed by atoms with van der Waals surface area (Å²) in [6.07, 6.45) is -5.71. The first-order valence-corrected chi connectivity index (χ1v) is 10.8. The van der Waals surface area contributed by atoms with Crippen LogP contribution in [0.4, 0.5) is 0 Å². The molecule has 8 nitrogen and oxygen atoms in total. The minimum atomic E-state index is -1.52. The second-order valence-electron chi connectivity index (χ2n) is 7.95. The highest BCUT2D eigenvalue weighted by Crippen LogP contribution is 2.34. The van der Waals surface area contributed by atoms with Gasteiger partial charge in [0.1, 0.15) is 42.4 Å². The fourth-order valence-electron chi connectivity index (χ4n) is 3.91. The number of ether oxygens (including phenoxy) is 3. The molecule has 4 N–H and O–H groups in total. The second kappa shape index (κ2) is 9.84. The molecule has 9 heteroatoms. The van der Waals surface area contributed by atoms with Gasteiger partial charge in [0, 0.05) is 17.5 Å². The van der Waals surface area contributed by atoms with Crippen LogP contribution < -0.4 is 4.74 Å². The molecule has 0 unspecified atom stereocenters. The summed E-state index contributed by atoms with van der Waals surface area (Å²) in [6, 6.07) is 11.3. The molecule has 0 radical (unpaired) electrons. The van der Waals surface area contributed by atoms with E-state index in [1.165, 1.54) is 12.1 Å². The predicted molar refractivity (Wildman–Crippen MR) is 114 cm³/mol. The van der Waals surface area contributed by atoms with Gasteiger partial charge in [-0.2, -0.15) is 0 Å². The lowest BCUT2D eigenvalue weighted by molar-refractivity contribution is -0.231. The third-order valence-electron chi connectivity index (χ3n) is 5.76. The van der Waals surface area contributed by atoms with E-state index in [9.17, 15) is 25.2 Å². The molecule has 6 atom stereocenters. The number of ketones is 1. The molecule has 32 heavy (non-hydrogen) atoms. The molecular formula is C23H25ClO8. The molecule has 2 aliphatic heterocycles. The maximum atomic E-state index is 13.1. The summed E-state index contributed by atoms with van der Waals surface area (Å²) >= 11 is 6.28. The highest BCUT2D eigenvalue weighted by Gasteiger charge is 2.44. The monoisotopic (exact) mass is 464 g/mol. The zero-order chi connectivity index (χ0) is 22.8. The highest BCUT2D eigenvalue weighted by atomic mass is 35.5. The summed E-state index contributed by atoms with van der Waals surface area (Å²) < 4.78 is 16.7. The molecule has 0 aliphatic carbocycles. The summed E-state index contributed by atoms with van der Waals surface area (Å²) in [7, 11) is 0. The van der Waals surface area contributed by atoms with Gasteiger partial charge in [0.05, 0.1) is 24.8 Å². The minimum Gasteiger partial charge on any atom is -0.488 e. The van der Waals surface area contributed by atoms with Crippen LogP contribution in [0, 0.1) is 0 Å². The highest BCUT2D eigenvalue weighted by molar-refractivity contribution is 6.35. The van der Waals surface area contributed by atoms with Crippen molar-refractivity contribution in [2.75, 3.05) is 19.8 Å². The maximum Gasteiger partial charge on any atom is 0.194 e. The van der Waals surface area contributed by atoms with Gasteiger partial charge in [-0.05, 0) is 42.0 Å². The number of aliphatic hydroxyl groups is 4. The molecular weight excluding hydrogens is 440 g/mol. The van der Waals surface area contributed by atoms with E-state index in [-0.39, 0.29) is 22.5 Å². The molecule has 0 bridgehead atoms. The molecule has 0 spiro atoms. The Labute approximate surface area is 189 Å². The van der Waals surface area contributed by atoms with Crippen molar-refractivity contribution >= 4 is 17.4 Å². The van der Waals surface area contributed by atoms with E-state index >= 15 is 0 Å². The topological polar surface area (TPSA) is 126 Å². The molecule has 2 aromatic rings. The van der Waals surface area contributed by atoms with Gasteiger partial charge >= 0.3 is 0 Å². The number of halogens is 1. The number of hydrogen-bond acceptors (Lipinski definition) is 8. The van der Waals surface area contributed by atoms with Crippen LogP contribution in [-0.4, -0.2) is 76.5 Å². The van der Waals surface area contributed by atoms with E-state index in [1.54, 1.807) is 30.3 Å². The first-order valence-electron chi connectivity index (χ1n) is 10.4. The molecule has 0 aromatic heterocycles. The van der Waals surface area contributed by atoms with Crippen molar-refractivity contribution in [1.29, 1.82) is 0 Å². The van der Waals surface area contributed by atoms with Crippen LogP contribution in [0.25, 0.3) is 0 Å². The van der Waals surface area contributed by atoms with Gasteiger partial charge in [-0.25, -0.2) is 0 Å². The van der Waals surface area contributed by atoms with Crippen molar-refractivity contribution in [2.45, 2.75) is 43.0 Å². The van der Waals surface area contributed by atoms with Gasteiger partial charge in [0.2, 0.25) is 0 Å². The fourth-order valence-corrected chi connectivity index (χ4v) is 4.11. The standard InChI is InChI=1S/C23H25ClO8/c24-17-6-3-13(23-22(29)21(28)20(27)18(10-25)32-23)9-16(17)19(26)12-1-4-14(5-2-12)31-15-7-8-30-11-15/h1-6,9,15,18,20-23,25,27-29H,7-8,10-11H2/t15-,18-,20+,21-,22+,23-/m0/s1. The normalized spacial score (nSPS) is 30.3. The Morgan fingerprint density at radius 3 is 2.47 bits per heavy atom. The molecule has 2 fully saturated rings. The molecule has 0 amide bonds. The van der Waals surface area contributed by atoms with E-state index in [4.69, 9.17) is 25.8 Å². The lowest BCUT2D eigenvalue weighted by Gasteiger charge is -2.40. The first-order chi connectivity index (χ1) is 15.4. The predicted octanol–water partition coefficient (Wildman–Crippen LogP) is 1.25. The van der Waals surface area contributed by atoms with Crippen LogP contribution >= 0.6 is 11.6 Å². The van der Waals surface area contributed by atoms with Gasteiger partial charge in [0.25, 0.3) is 0 Å². The molecule has 2 aliphatic rings. The summed E-state index contributed by atoms with van der Waals surface area (Å²) in [5.41, 5.74) is 0.975. The number of carbonyl (C=O) groups excluding carboxylic acids is 1. The maximum absolute atomic E-state index is 13.1. The summed E-state index contributed by atoms with van der Waals surface area (Å²) in [5.74, 6) is 0.301. The number of carbonyl (C=O) groups is 1. The van der Waals surface area contributed by atoms with E-state index in [0.29, 0.717) is 30.1 Å². The van der Waals surface area contributed by atoms with Crippen LogP contribution in [-0.2, 0) is 9.47 Å². The summed E-state index contributed by atoms with van der Waals surface area (Å²) in [4.78, 5) is 13.1. The second-order valence-corrected chi connectivity index (χ2v) is 8.35. The van der Waals surface area contributed by atoms with Gasteiger partial charge in [-0.3, -0.25) is 4.79 Å². The van der Waals surface area contributed by atoms with Crippen molar-refractivity contribution in [1.82, 2.24) is 0 Å². The quantitative estimate of drug-likeness (QED) is 0.471. The van der Waals surface area contributed by atoms with Crippen molar-refractivity contribution < 1.29 is 39.4 Å². The molecule has 0 saturated carbocycles. The minimum absolute atomic E-state index is 0.00112. The lowest BCUT2D eigenvalue weighted by Crippen LogP contribution is -2.55. The lowest BCUT2D eigenvalue weighted by atomic mass is 9.90. The number of benzene rings is 2. The van der Waals surface area contributed by atoms with Gasteiger partial charge in [-0.15, -0.1) is 0 Å². The van der Waals surface area contributed by atoms with Crippen LogP contribution in [0.1, 0.15) is 34.0 Å². The largest absolute Gasteiger partial charge is 0.488 e. The smallest absolute Gasteiger partial charge is 0.194 e. The van der Waals surface area contributed by atoms with Crippen LogP contribution in [0.15, 0.2) is 42.5 Å². The van der Waals surface area contributed by atoms with Crippen molar-refractivity contribution in [3.05, 3.63) is 64.2 Å². The van der Waals surface area contributed by atoms with Gasteiger partial charge < -0.3 is 34.6 Å². The van der Waals surface area contributed by atoms with Gasteiger partial charge in [-0.1, -0.05) is 17.7 Å². The summed E-state index contributed by atoms with van der Waals surface area (Å²) in [5, 5.41) is 40.1. The van der Waals surface area contributed by atoms with Crippen molar-refractivity contribution in [2.24, 2.45) is 0 Å². The molecule has 2 saturated heterocycles. The average Bonchev–Trinajstić information content (AvgIpc) is 3.31. The zero-order valence-corrected chi connectivity index (χ0v) is 17.9. The average molecular weight is 465 g/mol. The van der Waals surface area contributed by atoms with Crippen LogP contribution in [0.5, 0.6) is 5.75 Å². The first kappa shape index (κ1) is 23.1. The third-order valence-corrected chi connectivity index (χ3v) is 6.09. The number of aliphatic hydroxyl groups excluding tert-OH is 4. The Bertz CT molecular complexity index is 942. The van der Waals surface area contributed by atoms with Crippen molar-refractivity contribution in [3.8, 4) is 5.75 Å². The van der Waals surface area contributed by atoms with E-state index in [0.717, 1.165) is 6.42 Å². The Hall–Kier alpha value is -2.04. The Morgan fingerprint density at radius 1 is 1.06 bits per heavy atom. The number of hydrogen-bond donors (Lipinski definition) is 4. The fraction of sp³-hybridized carbons (Fsp3) is 0.435.